The zero-order chi connectivity index (χ0) is 14.0. The van der Waals surface area contributed by atoms with Gasteiger partial charge in [-0.25, -0.2) is 13.6 Å². The fourth-order valence-electron chi connectivity index (χ4n) is 1.18. The third-order valence-electron chi connectivity index (χ3n) is 2.06. The number of hydrogen-bond donors (Lipinski definition) is 3. The molecular formula is C9H11F3N2O3S. The van der Waals surface area contributed by atoms with Gasteiger partial charge in [-0.15, -0.1) is 0 Å². The van der Waals surface area contributed by atoms with Crippen LogP contribution in [0.1, 0.15) is 0 Å². The molecule has 0 fully saturated rings. The molecule has 0 amide bonds. The van der Waals surface area contributed by atoms with E-state index in [4.69, 9.17) is 10.2 Å². The summed E-state index contributed by atoms with van der Waals surface area (Å²) in [5.74, 6) is 0. The van der Waals surface area contributed by atoms with Gasteiger partial charge in [0.1, 0.15) is 4.90 Å². The van der Waals surface area contributed by atoms with E-state index in [0.29, 0.717) is 0 Å². The Morgan fingerprint density at radius 1 is 1.33 bits per heavy atom. The van der Waals surface area contributed by atoms with Crippen LogP contribution in [-0.4, -0.2) is 32.3 Å². The zero-order valence-corrected chi connectivity index (χ0v) is 9.79. The van der Waals surface area contributed by atoms with Crippen LogP contribution in [0.3, 0.4) is 0 Å². The predicted octanol–water partition coefficient (Wildman–Crippen LogP) is 0.669. The van der Waals surface area contributed by atoms with E-state index in [9.17, 15) is 21.6 Å². The minimum Gasteiger partial charge on any atom is -0.382 e. The molecule has 0 aromatic heterocycles. The predicted molar refractivity (Wildman–Crippen MR) is 58.4 cm³/mol. The van der Waals surface area contributed by atoms with E-state index in [1.165, 1.54) is 18.2 Å². The van der Waals surface area contributed by atoms with Crippen LogP contribution in [0.4, 0.5) is 18.9 Å². The van der Waals surface area contributed by atoms with Crippen molar-refractivity contribution in [3.05, 3.63) is 24.3 Å². The van der Waals surface area contributed by atoms with Crippen LogP contribution >= 0.6 is 0 Å². The van der Waals surface area contributed by atoms with E-state index in [1.54, 1.807) is 0 Å². The molecular weight excluding hydrogens is 273 g/mol. The van der Waals surface area contributed by atoms with Crippen LogP contribution in [0.2, 0.25) is 0 Å². The lowest BCUT2D eigenvalue weighted by atomic mass is 10.3. The molecule has 102 valence electrons. The van der Waals surface area contributed by atoms with Crippen molar-refractivity contribution in [2.45, 2.75) is 17.2 Å². The van der Waals surface area contributed by atoms with Crippen LogP contribution in [-0.2, 0) is 10.0 Å². The van der Waals surface area contributed by atoms with Gasteiger partial charge in [0.15, 0.2) is 6.10 Å². The van der Waals surface area contributed by atoms with Crippen molar-refractivity contribution in [1.29, 1.82) is 0 Å². The van der Waals surface area contributed by atoms with Gasteiger partial charge < -0.3 is 10.4 Å². The van der Waals surface area contributed by atoms with Crippen molar-refractivity contribution >= 4 is 15.7 Å². The van der Waals surface area contributed by atoms with Gasteiger partial charge in [-0.2, -0.15) is 13.2 Å². The molecule has 1 atom stereocenters. The normalized spacial score (nSPS) is 14.3. The standard InChI is InChI=1S/C9H11F3N2O3S/c10-9(11,12)8(15)5-14-6-3-1-2-4-7(6)18(13,16)17/h1-4,8,14-15H,5H2,(H2,13,16,17). The largest absolute Gasteiger partial charge is 0.416 e. The third kappa shape index (κ3) is 3.86. The number of primary sulfonamides is 1. The van der Waals surface area contributed by atoms with Crippen molar-refractivity contribution < 1.29 is 26.7 Å². The van der Waals surface area contributed by atoms with Gasteiger partial charge in [-0.1, -0.05) is 12.1 Å². The van der Waals surface area contributed by atoms with Crippen LogP contribution in [0.25, 0.3) is 0 Å². The van der Waals surface area contributed by atoms with Gasteiger partial charge in [-0.3, -0.25) is 0 Å². The zero-order valence-electron chi connectivity index (χ0n) is 8.98. The molecule has 0 aliphatic rings. The molecule has 0 saturated heterocycles. The Morgan fingerprint density at radius 2 is 1.89 bits per heavy atom. The average molecular weight is 284 g/mol. The Bertz CT molecular complexity index is 516. The van der Waals surface area contributed by atoms with Crippen molar-refractivity contribution in [2.75, 3.05) is 11.9 Å². The monoisotopic (exact) mass is 284 g/mol. The maximum atomic E-state index is 12.1. The highest BCUT2D eigenvalue weighted by Gasteiger charge is 2.38. The quantitative estimate of drug-likeness (QED) is 0.757. The Kier molecular flexibility index (Phi) is 4.20. The Balaban J connectivity index is 2.87. The molecule has 1 aromatic rings. The first kappa shape index (κ1) is 14.7. The smallest absolute Gasteiger partial charge is 0.382 e. The average Bonchev–Trinajstić information content (AvgIpc) is 2.23. The lowest BCUT2D eigenvalue weighted by Crippen LogP contribution is -2.35. The number of aliphatic hydroxyl groups excluding tert-OH is 1. The second kappa shape index (κ2) is 5.12. The van der Waals surface area contributed by atoms with Gasteiger partial charge in [0.25, 0.3) is 0 Å². The molecule has 0 aliphatic heterocycles. The number of nitrogens with one attached hydrogen (secondary N) is 1. The highest BCUT2D eigenvalue weighted by molar-refractivity contribution is 7.89. The van der Waals surface area contributed by atoms with Gasteiger partial charge in [0, 0.05) is 6.54 Å². The molecule has 0 bridgehead atoms. The lowest BCUT2D eigenvalue weighted by Gasteiger charge is -2.16. The second-order valence-corrected chi connectivity index (χ2v) is 5.01. The highest BCUT2D eigenvalue weighted by Crippen LogP contribution is 2.23. The number of rotatable bonds is 4. The van der Waals surface area contributed by atoms with Crippen LogP contribution in [0.5, 0.6) is 0 Å². The number of anilines is 1. The molecule has 0 saturated carbocycles. The van der Waals surface area contributed by atoms with E-state index in [-0.39, 0.29) is 10.6 Å². The fraction of sp³-hybridized carbons (Fsp3) is 0.333. The minimum atomic E-state index is -4.77. The maximum absolute atomic E-state index is 12.1. The Hall–Kier alpha value is -1.32. The first-order chi connectivity index (χ1) is 8.12. The number of nitrogens with two attached hydrogens (primary N) is 1. The molecule has 1 rings (SSSR count). The van der Waals surface area contributed by atoms with E-state index in [1.807, 2.05) is 0 Å². The summed E-state index contributed by atoms with van der Waals surface area (Å²) in [4.78, 5) is -0.334. The number of alkyl halides is 3. The van der Waals surface area contributed by atoms with Crippen molar-refractivity contribution in [3.63, 3.8) is 0 Å². The summed E-state index contributed by atoms with van der Waals surface area (Å²) in [6.07, 6.45) is -7.37. The summed E-state index contributed by atoms with van der Waals surface area (Å²) in [6.45, 7) is -0.865. The minimum absolute atomic E-state index is 0.0942. The molecule has 0 radical (unpaired) electrons. The highest BCUT2D eigenvalue weighted by atomic mass is 32.2. The fourth-order valence-corrected chi connectivity index (χ4v) is 1.90. The van der Waals surface area contributed by atoms with Crippen molar-refractivity contribution in [2.24, 2.45) is 5.14 Å². The summed E-state index contributed by atoms with van der Waals surface area (Å²) in [5.41, 5.74) is -0.0942. The number of benzene rings is 1. The Morgan fingerprint density at radius 3 is 2.39 bits per heavy atom. The molecule has 0 spiro atoms. The SMILES string of the molecule is NS(=O)(=O)c1ccccc1NCC(O)C(F)(F)F. The molecule has 0 heterocycles. The molecule has 1 unspecified atom stereocenters. The third-order valence-corrected chi connectivity index (χ3v) is 3.03. The number of aliphatic hydroxyl groups is 1. The first-order valence-electron chi connectivity index (χ1n) is 4.73. The number of para-hydroxylation sites is 1. The Labute approximate surface area is 101 Å². The molecule has 0 aliphatic carbocycles. The summed E-state index contributed by atoms with van der Waals surface area (Å²) in [6, 6.07) is 5.21. The summed E-state index contributed by atoms with van der Waals surface area (Å²) < 4.78 is 58.5. The first-order valence-corrected chi connectivity index (χ1v) is 6.27. The second-order valence-electron chi connectivity index (χ2n) is 3.48. The van der Waals surface area contributed by atoms with Crippen LogP contribution in [0.15, 0.2) is 29.2 Å². The van der Waals surface area contributed by atoms with E-state index in [2.05, 4.69) is 5.32 Å². The number of sulfonamides is 1. The van der Waals surface area contributed by atoms with E-state index in [0.717, 1.165) is 6.07 Å². The van der Waals surface area contributed by atoms with E-state index < -0.39 is 28.8 Å². The van der Waals surface area contributed by atoms with Gasteiger partial charge in [-0.05, 0) is 12.1 Å². The number of hydrogen-bond acceptors (Lipinski definition) is 4. The van der Waals surface area contributed by atoms with Crippen molar-refractivity contribution in [3.8, 4) is 0 Å². The molecule has 4 N–H and O–H groups in total. The van der Waals surface area contributed by atoms with Gasteiger partial charge >= 0.3 is 6.18 Å². The summed E-state index contributed by atoms with van der Waals surface area (Å²) in [7, 11) is -4.04. The maximum Gasteiger partial charge on any atom is 0.416 e. The topological polar surface area (TPSA) is 92.4 Å². The van der Waals surface area contributed by atoms with Crippen LogP contribution < -0.4 is 10.5 Å². The van der Waals surface area contributed by atoms with Gasteiger partial charge in [0.2, 0.25) is 10.0 Å². The lowest BCUT2D eigenvalue weighted by molar-refractivity contribution is -0.198. The van der Waals surface area contributed by atoms with Gasteiger partial charge in [0.05, 0.1) is 5.69 Å². The molecule has 18 heavy (non-hydrogen) atoms. The van der Waals surface area contributed by atoms with Crippen molar-refractivity contribution in [1.82, 2.24) is 0 Å². The molecule has 9 heteroatoms. The van der Waals surface area contributed by atoms with Crippen LogP contribution in [0, 0.1) is 0 Å². The molecule has 1 aromatic carbocycles. The summed E-state index contributed by atoms with van der Waals surface area (Å²) >= 11 is 0. The molecule has 5 nitrogen and oxygen atoms in total. The van der Waals surface area contributed by atoms with E-state index >= 15 is 0 Å². The summed E-state index contributed by atoms with van der Waals surface area (Å²) in [5, 5.41) is 15.9. The number of halogens is 3.